The molecule has 2 aliphatic heterocycles. The zero-order chi connectivity index (χ0) is 17.2. The van der Waals surface area contributed by atoms with Crippen LogP contribution >= 0.6 is 0 Å². The molecule has 0 aromatic heterocycles. The number of nitrogens with one attached hydrogen (secondary N) is 1. The predicted molar refractivity (Wildman–Crippen MR) is 93.0 cm³/mol. The third-order valence-corrected chi connectivity index (χ3v) is 4.60. The maximum absolute atomic E-state index is 12.6. The van der Waals surface area contributed by atoms with Crippen molar-refractivity contribution in [2.24, 2.45) is 0 Å². The van der Waals surface area contributed by atoms with Gasteiger partial charge in [-0.05, 0) is 49.2 Å². The van der Waals surface area contributed by atoms with Gasteiger partial charge in [-0.25, -0.2) is 0 Å². The third kappa shape index (κ3) is 3.52. The number of hydrogen-bond donors (Lipinski definition) is 1. The minimum atomic E-state index is -0.139. The van der Waals surface area contributed by atoms with Gasteiger partial charge < -0.3 is 19.5 Å². The SMILES string of the molecule is Cc1cccc(Oc2cccc(C(=O)N[C@H]3CO[C@@H]4CCO[C@H]34)c2)c1. The van der Waals surface area contributed by atoms with Crippen molar-refractivity contribution in [3.8, 4) is 11.5 Å². The molecule has 2 fully saturated rings. The van der Waals surface area contributed by atoms with Crippen LogP contribution in [-0.4, -0.2) is 37.4 Å². The molecule has 130 valence electrons. The van der Waals surface area contributed by atoms with Crippen molar-refractivity contribution in [1.29, 1.82) is 0 Å². The van der Waals surface area contributed by atoms with Gasteiger partial charge >= 0.3 is 0 Å². The van der Waals surface area contributed by atoms with E-state index >= 15 is 0 Å². The van der Waals surface area contributed by atoms with E-state index in [0.717, 1.165) is 17.7 Å². The predicted octanol–water partition coefficient (Wildman–Crippen LogP) is 3.07. The summed E-state index contributed by atoms with van der Waals surface area (Å²) >= 11 is 0. The van der Waals surface area contributed by atoms with E-state index in [1.54, 1.807) is 12.1 Å². The Morgan fingerprint density at radius 1 is 1.12 bits per heavy atom. The van der Waals surface area contributed by atoms with Crippen LogP contribution in [0.5, 0.6) is 11.5 Å². The second-order valence-corrected chi connectivity index (χ2v) is 6.52. The van der Waals surface area contributed by atoms with Gasteiger partial charge in [0, 0.05) is 12.2 Å². The van der Waals surface area contributed by atoms with E-state index in [2.05, 4.69) is 5.32 Å². The van der Waals surface area contributed by atoms with E-state index in [-0.39, 0.29) is 24.2 Å². The molecule has 4 rings (SSSR count). The van der Waals surface area contributed by atoms with Gasteiger partial charge in [0.05, 0.1) is 18.8 Å². The minimum absolute atomic E-state index is 0.0318. The molecule has 0 aliphatic carbocycles. The number of carbonyl (C=O) groups excluding carboxylic acids is 1. The van der Waals surface area contributed by atoms with Crippen molar-refractivity contribution in [1.82, 2.24) is 5.32 Å². The molecule has 25 heavy (non-hydrogen) atoms. The van der Waals surface area contributed by atoms with Gasteiger partial charge in [0.25, 0.3) is 5.91 Å². The molecular weight excluding hydrogens is 318 g/mol. The Labute approximate surface area is 146 Å². The maximum Gasteiger partial charge on any atom is 0.251 e. The highest BCUT2D eigenvalue weighted by Gasteiger charge is 2.42. The lowest BCUT2D eigenvalue weighted by Crippen LogP contribution is -2.43. The van der Waals surface area contributed by atoms with Crippen molar-refractivity contribution >= 4 is 5.91 Å². The maximum atomic E-state index is 12.6. The van der Waals surface area contributed by atoms with Crippen molar-refractivity contribution in [2.75, 3.05) is 13.2 Å². The highest BCUT2D eigenvalue weighted by molar-refractivity contribution is 5.94. The molecule has 0 saturated carbocycles. The summed E-state index contributed by atoms with van der Waals surface area (Å²) in [5, 5.41) is 3.02. The van der Waals surface area contributed by atoms with E-state index in [9.17, 15) is 4.79 Å². The van der Waals surface area contributed by atoms with E-state index < -0.39 is 0 Å². The summed E-state index contributed by atoms with van der Waals surface area (Å²) < 4.78 is 17.2. The fourth-order valence-electron chi connectivity index (χ4n) is 3.36. The lowest BCUT2D eigenvalue weighted by Gasteiger charge is -2.17. The van der Waals surface area contributed by atoms with Gasteiger partial charge in [-0.3, -0.25) is 4.79 Å². The molecule has 0 bridgehead atoms. The summed E-state index contributed by atoms with van der Waals surface area (Å²) in [7, 11) is 0. The molecule has 2 aliphatic rings. The molecule has 5 nitrogen and oxygen atoms in total. The van der Waals surface area contributed by atoms with Crippen molar-refractivity contribution < 1.29 is 19.0 Å². The first-order chi connectivity index (χ1) is 12.2. The third-order valence-electron chi connectivity index (χ3n) is 4.60. The molecule has 2 heterocycles. The van der Waals surface area contributed by atoms with Crippen LogP contribution in [0.4, 0.5) is 0 Å². The number of amides is 1. The van der Waals surface area contributed by atoms with E-state index in [4.69, 9.17) is 14.2 Å². The minimum Gasteiger partial charge on any atom is -0.457 e. The van der Waals surface area contributed by atoms with Crippen LogP contribution in [0.3, 0.4) is 0 Å². The number of aryl methyl sites for hydroxylation is 1. The molecular formula is C20H21NO4. The summed E-state index contributed by atoms with van der Waals surface area (Å²) in [5.41, 5.74) is 1.69. The summed E-state index contributed by atoms with van der Waals surface area (Å²) in [5.74, 6) is 1.25. The average Bonchev–Trinajstić information content (AvgIpc) is 3.20. The summed E-state index contributed by atoms with van der Waals surface area (Å²) in [6.07, 6.45) is 0.980. The van der Waals surface area contributed by atoms with Gasteiger partial charge in [0.15, 0.2) is 0 Å². The Morgan fingerprint density at radius 2 is 1.92 bits per heavy atom. The molecule has 5 heteroatoms. The summed E-state index contributed by atoms with van der Waals surface area (Å²) in [6.45, 7) is 3.21. The average molecular weight is 339 g/mol. The topological polar surface area (TPSA) is 56.8 Å². The molecule has 3 atom stereocenters. The van der Waals surface area contributed by atoms with Gasteiger partial charge in [0.2, 0.25) is 0 Å². The number of fused-ring (bicyclic) bond motifs is 1. The zero-order valence-corrected chi connectivity index (χ0v) is 14.1. The van der Waals surface area contributed by atoms with Crippen molar-refractivity contribution in [3.05, 3.63) is 59.7 Å². The van der Waals surface area contributed by atoms with Crippen LogP contribution in [0.1, 0.15) is 22.3 Å². The van der Waals surface area contributed by atoms with Crippen molar-refractivity contribution in [3.63, 3.8) is 0 Å². The molecule has 2 aromatic rings. The molecule has 0 radical (unpaired) electrons. The highest BCUT2D eigenvalue weighted by atomic mass is 16.6. The lowest BCUT2D eigenvalue weighted by atomic mass is 10.1. The largest absolute Gasteiger partial charge is 0.457 e. The van der Waals surface area contributed by atoms with Crippen LogP contribution in [0.25, 0.3) is 0 Å². The zero-order valence-electron chi connectivity index (χ0n) is 14.1. The lowest BCUT2D eigenvalue weighted by molar-refractivity contribution is 0.0656. The molecule has 2 saturated heterocycles. The van der Waals surface area contributed by atoms with Crippen LogP contribution < -0.4 is 10.1 Å². The Bertz CT molecular complexity index is 776. The van der Waals surface area contributed by atoms with Crippen LogP contribution in [-0.2, 0) is 9.47 Å². The number of rotatable bonds is 4. The Balaban J connectivity index is 1.44. The molecule has 0 spiro atoms. The van der Waals surface area contributed by atoms with Gasteiger partial charge in [-0.1, -0.05) is 18.2 Å². The van der Waals surface area contributed by atoms with Gasteiger partial charge in [-0.2, -0.15) is 0 Å². The van der Waals surface area contributed by atoms with Gasteiger partial charge in [0.1, 0.15) is 17.6 Å². The standard InChI is InChI=1S/C20H21NO4/c1-13-4-2-6-15(10-13)25-16-7-3-5-14(11-16)20(22)21-17-12-24-18-8-9-23-19(17)18/h2-7,10-11,17-19H,8-9,12H2,1H3,(H,21,22)/t17-,18+,19+/m0/s1. The Morgan fingerprint density at radius 3 is 2.76 bits per heavy atom. The van der Waals surface area contributed by atoms with Crippen LogP contribution in [0.2, 0.25) is 0 Å². The number of benzene rings is 2. The molecule has 0 unspecified atom stereocenters. The molecule has 2 aromatic carbocycles. The van der Waals surface area contributed by atoms with E-state index in [1.165, 1.54) is 0 Å². The Kier molecular flexibility index (Phi) is 4.42. The van der Waals surface area contributed by atoms with Crippen LogP contribution in [0, 0.1) is 6.92 Å². The monoisotopic (exact) mass is 339 g/mol. The normalized spacial score (nSPS) is 24.8. The fraction of sp³-hybridized carbons (Fsp3) is 0.350. The van der Waals surface area contributed by atoms with E-state index in [1.807, 2.05) is 43.3 Å². The second-order valence-electron chi connectivity index (χ2n) is 6.52. The first-order valence-corrected chi connectivity index (χ1v) is 8.58. The summed E-state index contributed by atoms with van der Waals surface area (Å²) in [4.78, 5) is 12.6. The van der Waals surface area contributed by atoms with Gasteiger partial charge in [-0.15, -0.1) is 0 Å². The first-order valence-electron chi connectivity index (χ1n) is 8.58. The summed E-state index contributed by atoms with van der Waals surface area (Å²) in [6, 6.07) is 14.9. The molecule has 1 N–H and O–H groups in total. The Hall–Kier alpha value is -2.37. The highest BCUT2D eigenvalue weighted by Crippen LogP contribution is 2.27. The van der Waals surface area contributed by atoms with Crippen molar-refractivity contribution in [2.45, 2.75) is 31.6 Å². The van der Waals surface area contributed by atoms with Crippen LogP contribution in [0.15, 0.2) is 48.5 Å². The fourth-order valence-corrected chi connectivity index (χ4v) is 3.36. The first kappa shape index (κ1) is 16.1. The quantitative estimate of drug-likeness (QED) is 0.930. The number of carbonyl (C=O) groups is 1. The number of hydrogen-bond acceptors (Lipinski definition) is 4. The smallest absolute Gasteiger partial charge is 0.251 e. The number of ether oxygens (including phenoxy) is 3. The van der Waals surface area contributed by atoms with E-state index in [0.29, 0.717) is 24.5 Å². The second kappa shape index (κ2) is 6.86. The molecule has 1 amide bonds.